The molecule has 0 saturated heterocycles. The second kappa shape index (κ2) is 16.1. The minimum absolute atomic E-state index is 0.149. The molecule has 0 fully saturated rings. The molecule has 0 spiro atoms. The summed E-state index contributed by atoms with van der Waals surface area (Å²) in [4.78, 5) is 38.2. The third-order valence-corrected chi connectivity index (χ3v) is 6.71. The first-order chi connectivity index (χ1) is 21.3. The van der Waals surface area contributed by atoms with Crippen molar-refractivity contribution in [2.45, 2.75) is 25.5 Å². The van der Waals surface area contributed by atoms with Crippen molar-refractivity contribution in [2.75, 3.05) is 11.9 Å². The van der Waals surface area contributed by atoms with E-state index in [-0.39, 0.29) is 24.0 Å². The number of amides is 3. The topological polar surface area (TPSA) is 118 Å². The molecular weight excluding hydrogens is 603 g/mol. The molecule has 11 heteroatoms. The number of nitrogens with one attached hydrogen (secondary N) is 3. The monoisotopic (exact) mass is 632 g/mol. The number of carbonyl (C=O) groups excluding carboxylic acids is 3. The average Bonchev–Trinajstić information content (AvgIpc) is 3.02. The average molecular weight is 634 g/mol. The van der Waals surface area contributed by atoms with Gasteiger partial charge in [-0.3, -0.25) is 14.4 Å². The van der Waals surface area contributed by atoms with E-state index in [2.05, 4.69) is 21.2 Å². The Hall–Kier alpha value is -4.86. The standard InChI is InChI=1S/C33H30Cl2N4O5/c1-22(44-30-17-14-25(34)19-28(30)35)32(41)38-29(18-23-8-4-2-5-9-23)33(42)39-36-20-24-12-15-27(16-13-24)43-21-31(40)37-26-10-6-3-7-11-26/h2-17,19-20,22,29H,18,21H2,1H3,(H,37,40)(H,38,41)(H,39,42)/b36-20-/t22-,29+/m1/s1. The van der Waals surface area contributed by atoms with E-state index in [0.29, 0.717) is 27.8 Å². The van der Waals surface area contributed by atoms with E-state index in [1.807, 2.05) is 48.5 Å². The summed E-state index contributed by atoms with van der Waals surface area (Å²) in [6.45, 7) is 1.41. The van der Waals surface area contributed by atoms with Crippen molar-refractivity contribution in [3.05, 3.63) is 124 Å². The number of hydrazone groups is 1. The molecule has 4 aromatic carbocycles. The van der Waals surface area contributed by atoms with Gasteiger partial charge in [-0.2, -0.15) is 5.10 Å². The summed E-state index contributed by atoms with van der Waals surface area (Å²) in [5.74, 6) is -0.518. The minimum atomic E-state index is -0.951. The number of hydrogen-bond acceptors (Lipinski definition) is 6. The first kappa shape index (κ1) is 32.1. The van der Waals surface area contributed by atoms with Gasteiger partial charge < -0.3 is 20.1 Å². The largest absolute Gasteiger partial charge is 0.484 e. The van der Waals surface area contributed by atoms with Gasteiger partial charge in [-0.05, 0) is 72.6 Å². The maximum absolute atomic E-state index is 13.1. The molecule has 3 amide bonds. The summed E-state index contributed by atoms with van der Waals surface area (Å²) < 4.78 is 11.2. The van der Waals surface area contributed by atoms with E-state index in [0.717, 1.165) is 5.56 Å². The number of ether oxygens (including phenoxy) is 2. The van der Waals surface area contributed by atoms with Gasteiger partial charge in [-0.1, -0.05) is 71.7 Å². The van der Waals surface area contributed by atoms with Crippen LogP contribution in [0.1, 0.15) is 18.1 Å². The second-order valence-corrected chi connectivity index (χ2v) is 10.4. The van der Waals surface area contributed by atoms with Crippen molar-refractivity contribution in [3.63, 3.8) is 0 Å². The molecule has 3 N–H and O–H groups in total. The van der Waals surface area contributed by atoms with Crippen LogP contribution in [-0.4, -0.2) is 42.7 Å². The zero-order valence-corrected chi connectivity index (χ0v) is 25.2. The Kier molecular flexibility index (Phi) is 11.7. The highest BCUT2D eigenvalue weighted by Gasteiger charge is 2.25. The fourth-order valence-electron chi connectivity index (χ4n) is 3.93. The van der Waals surface area contributed by atoms with Crippen LogP contribution < -0.4 is 25.5 Å². The van der Waals surface area contributed by atoms with Crippen LogP contribution in [0.2, 0.25) is 10.0 Å². The van der Waals surface area contributed by atoms with Crippen molar-refractivity contribution in [3.8, 4) is 11.5 Å². The van der Waals surface area contributed by atoms with E-state index < -0.39 is 24.0 Å². The highest BCUT2D eigenvalue weighted by Crippen LogP contribution is 2.28. The van der Waals surface area contributed by atoms with Gasteiger partial charge in [0.05, 0.1) is 11.2 Å². The van der Waals surface area contributed by atoms with Gasteiger partial charge in [0.15, 0.2) is 12.7 Å². The molecule has 0 unspecified atom stereocenters. The first-order valence-corrected chi connectivity index (χ1v) is 14.4. The molecule has 9 nitrogen and oxygen atoms in total. The SMILES string of the molecule is C[C@@H](Oc1ccc(Cl)cc1Cl)C(=O)N[C@@H](Cc1ccccc1)C(=O)N/N=C\c1ccc(OCC(=O)Nc2ccccc2)cc1. The Labute approximate surface area is 265 Å². The lowest BCUT2D eigenvalue weighted by molar-refractivity contribution is -0.132. The molecule has 2 atom stereocenters. The van der Waals surface area contributed by atoms with Gasteiger partial charge >= 0.3 is 0 Å². The molecule has 0 aromatic heterocycles. The number of para-hydroxylation sites is 1. The first-order valence-electron chi connectivity index (χ1n) is 13.6. The molecule has 0 bridgehead atoms. The number of halogens is 2. The van der Waals surface area contributed by atoms with Crippen LogP contribution in [0, 0.1) is 0 Å². The summed E-state index contributed by atoms with van der Waals surface area (Å²) in [6, 6.07) is 28.9. The van der Waals surface area contributed by atoms with E-state index in [1.54, 1.807) is 55.5 Å². The quantitative estimate of drug-likeness (QED) is 0.130. The van der Waals surface area contributed by atoms with Crippen molar-refractivity contribution in [1.82, 2.24) is 10.7 Å². The number of anilines is 1. The lowest BCUT2D eigenvalue weighted by atomic mass is 10.1. The predicted octanol–water partition coefficient (Wildman–Crippen LogP) is 5.66. The molecular formula is C33H30Cl2N4O5. The van der Waals surface area contributed by atoms with Crippen LogP contribution in [0.15, 0.2) is 108 Å². The molecule has 4 aromatic rings. The highest BCUT2D eigenvalue weighted by molar-refractivity contribution is 6.35. The van der Waals surface area contributed by atoms with Crippen LogP contribution in [0.25, 0.3) is 0 Å². The van der Waals surface area contributed by atoms with Crippen molar-refractivity contribution >= 4 is 52.8 Å². The van der Waals surface area contributed by atoms with Crippen molar-refractivity contribution in [1.29, 1.82) is 0 Å². The van der Waals surface area contributed by atoms with E-state index in [4.69, 9.17) is 32.7 Å². The normalized spacial score (nSPS) is 12.2. The van der Waals surface area contributed by atoms with Gasteiger partial charge in [0, 0.05) is 17.1 Å². The van der Waals surface area contributed by atoms with Crippen molar-refractivity contribution in [2.24, 2.45) is 5.10 Å². The fourth-order valence-corrected chi connectivity index (χ4v) is 4.38. The van der Waals surface area contributed by atoms with Crippen LogP contribution in [-0.2, 0) is 20.8 Å². The number of carbonyl (C=O) groups is 3. The van der Waals surface area contributed by atoms with Gasteiger partial charge in [-0.25, -0.2) is 5.43 Å². The summed E-state index contributed by atoms with van der Waals surface area (Å²) in [6.07, 6.45) is 0.736. The van der Waals surface area contributed by atoms with Crippen molar-refractivity contribution < 1.29 is 23.9 Å². The molecule has 0 aliphatic rings. The van der Waals surface area contributed by atoms with Crippen LogP contribution >= 0.6 is 23.2 Å². The summed E-state index contributed by atoms with van der Waals surface area (Å²) in [7, 11) is 0. The van der Waals surface area contributed by atoms with E-state index in [9.17, 15) is 14.4 Å². The molecule has 4 rings (SSSR count). The van der Waals surface area contributed by atoms with Gasteiger partial charge in [0.2, 0.25) is 0 Å². The molecule has 0 aliphatic carbocycles. The lowest BCUT2D eigenvalue weighted by Crippen LogP contribution is -2.50. The predicted molar refractivity (Wildman–Crippen MR) is 171 cm³/mol. The summed E-state index contributed by atoms with van der Waals surface area (Å²) in [5, 5.41) is 10.2. The van der Waals surface area contributed by atoms with E-state index >= 15 is 0 Å². The van der Waals surface area contributed by atoms with Crippen LogP contribution in [0.5, 0.6) is 11.5 Å². The van der Waals surface area contributed by atoms with Crippen LogP contribution in [0.3, 0.4) is 0 Å². The van der Waals surface area contributed by atoms with Gasteiger partial charge in [0.1, 0.15) is 17.5 Å². The molecule has 0 radical (unpaired) electrons. The van der Waals surface area contributed by atoms with Crippen LogP contribution in [0.4, 0.5) is 5.69 Å². The number of nitrogens with zero attached hydrogens (tertiary/aromatic N) is 1. The maximum atomic E-state index is 13.1. The molecule has 0 aliphatic heterocycles. The third kappa shape index (κ3) is 10.1. The Morgan fingerprint density at radius 2 is 1.55 bits per heavy atom. The number of rotatable bonds is 13. The number of benzene rings is 4. The molecule has 0 heterocycles. The smallest absolute Gasteiger partial charge is 0.262 e. The van der Waals surface area contributed by atoms with Gasteiger partial charge in [-0.15, -0.1) is 0 Å². The molecule has 44 heavy (non-hydrogen) atoms. The summed E-state index contributed by atoms with van der Waals surface area (Å²) >= 11 is 12.1. The second-order valence-electron chi connectivity index (χ2n) is 9.59. The maximum Gasteiger partial charge on any atom is 0.262 e. The molecule has 0 saturated carbocycles. The number of hydrogen-bond donors (Lipinski definition) is 3. The fraction of sp³-hybridized carbons (Fsp3) is 0.152. The molecule has 226 valence electrons. The Morgan fingerprint density at radius 3 is 2.23 bits per heavy atom. The highest BCUT2D eigenvalue weighted by atomic mass is 35.5. The Morgan fingerprint density at radius 1 is 0.864 bits per heavy atom. The third-order valence-electron chi connectivity index (χ3n) is 6.18. The Balaban J connectivity index is 1.32. The minimum Gasteiger partial charge on any atom is -0.484 e. The Bertz CT molecular complexity index is 1590. The van der Waals surface area contributed by atoms with E-state index in [1.165, 1.54) is 12.3 Å². The van der Waals surface area contributed by atoms with Gasteiger partial charge in [0.25, 0.3) is 17.7 Å². The summed E-state index contributed by atoms with van der Waals surface area (Å²) in [5.41, 5.74) is 4.70. The zero-order chi connectivity index (χ0) is 31.3. The zero-order valence-electron chi connectivity index (χ0n) is 23.7. The lowest BCUT2D eigenvalue weighted by Gasteiger charge is -2.21.